The third-order valence-electron chi connectivity index (χ3n) is 6.03. The molecule has 0 N–H and O–H groups in total. The molecule has 4 aromatic rings. The zero-order chi connectivity index (χ0) is 25.1. The Morgan fingerprint density at radius 2 is 1.89 bits per heavy atom. The first-order valence-electron chi connectivity index (χ1n) is 11.5. The minimum absolute atomic E-state index is 0.0117. The molecule has 184 valence electrons. The summed E-state index contributed by atoms with van der Waals surface area (Å²) in [6, 6.07) is 21.3. The summed E-state index contributed by atoms with van der Waals surface area (Å²) in [5, 5.41) is 11.5. The van der Waals surface area contributed by atoms with Gasteiger partial charge in [-0.15, -0.1) is 21.5 Å². The molecule has 2 aromatic heterocycles. The second-order valence-electron chi connectivity index (χ2n) is 8.44. The smallest absolute Gasteiger partial charge is 0.254 e. The Kier molecular flexibility index (Phi) is 7.54. The monoisotopic (exact) mass is 581 g/mol. The molecule has 7 nitrogen and oxygen atoms in total. The van der Waals surface area contributed by atoms with Gasteiger partial charge in [-0.25, -0.2) is 0 Å². The number of aromatic nitrogens is 3. The molecule has 1 saturated heterocycles. The Morgan fingerprint density at radius 3 is 2.61 bits per heavy atom. The number of amides is 2. The number of halogens is 1. The molecule has 0 saturated carbocycles. The molecule has 10 heteroatoms. The third kappa shape index (κ3) is 5.25. The van der Waals surface area contributed by atoms with E-state index in [-0.39, 0.29) is 23.6 Å². The Morgan fingerprint density at radius 1 is 1.06 bits per heavy atom. The quantitative estimate of drug-likeness (QED) is 0.292. The number of hydrogen-bond acceptors (Lipinski definition) is 6. The lowest BCUT2D eigenvalue weighted by atomic mass is 10.1. The SMILES string of the molecule is CC1CN(C(=O)CSc2nnc(-c3cccs3)n2-c2ccccc2)CCN1C(=O)c1cccc(Br)c1. The van der Waals surface area contributed by atoms with Crippen LogP contribution in [-0.2, 0) is 4.79 Å². The molecule has 1 atom stereocenters. The highest BCUT2D eigenvalue weighted by Crippen LogP contribution is 2.30. The van der Waals surface area contributed by atoms with Crippen LogP contribution in [0.1, 0.15) is 17.3 Å². The lowest BCUT2D eigenvalue weighted by Crippen LogP contribution is -2.55. The van der Waals surface area contributed by atoms with Gasteiger partial charge in [0.15, 0.2) is 11.0 Å². The van der Waals surface area contributed by atoms with Gasteiger partial charge in [0.2, 0.25) is 5.91 Å². The fraction of sp³-hybridized carbons (Fsp3) is 0.231. The van der Waals surface area contributed by atoms with Crippen molar-refractivity contribution in [1.29, 1.82) is 0 Å². The van der Waals surface area contributed by atoms with Gasteiger partial charge in [-0.3, -0.25) is 14.2 Å². The molecule has 1 aliphatic rings. The molecule has 0 spiro atoms. The van der Waals surface area contributed by atoms with Crippen LogP contribution in [0, 0.1) is 0 Å². The number of nitrogens with zero attached hydrogens (tertiary/aromatic N) is 5. The highest BCUT2D eigenvalue weighted by Gasteiger charge is 2.30. The molecule has 36 heavy (non-hydrogen) atoms. The van der Waals surface area contributed by atoms with Crippen LogP contribution in [0.25, 0.3) is 16.4 Å². The van der Waals surface area contributed by atoms with E-state index in [0.29, 0.717) is 30.4 Å². The van der Waals surface area contributed by atoms with Gasteiger partial charge in [0, 0.05) is 41.4 Å². The van der Waals surface area contributed by atoms with Gasteiger partial charge in [0.25, 0.3) is 5.91 Å². The summed E-state index contributed by atoms with van der Waals surface area (Å²) in [4.78, 5) is 30.8. The molecule has 3 heterocycles. The summed E-state index contributed by atoms with van der Waals surface area (Å²) in [6.07, 6.45) is 0. The van der Waals surface area contributed by atoms with E-state index in [1.165, 1.54) is 11.8 Å². The predicted molar refractivity (Wildman–Crippen MR) is 147 cm³/mol. The van der Waals surface area contributed by atoms with Crippen LogP contribution < -0.4 is 0 Å². The first-order valence-corrected chi connectivity index (χ1v) is 14.2. The number of thioether (sulfide) groups is 1. The van der Waals surface area contributed by atoms with E-state index in [1.54, 1.807) is 11.3 Å². The van der Waals surface area contributed by atoms with Crippen molar-refractivity contribution in [2.75, 3.05) is 25.4 Å². The molecular weight excluding hydrogens is 558 g/mol. The van der Waals surface area contributed by atoms with Crippen molar-refractivity contribution in [3.8, 4) is 16.4 Å². The van der Waals surface area contributed by atoms with Crippen molar-refractivity contribution >= 4 is 50.8 Å². The Hall–Kier alpha value is -2.95. The van der Waals surface area contributed by atoms with Gasteiger partial charge in [0.1, 0.15) is 0 Å². The lowest BCUT2D eigenvalue weighted by molar-refractivity contribution is -0.130. The van der Waals surface area contributed by atoms with Crippen LogP contribution in [0.5, 0.6) is 0 Å². The molecular formula is C26H24BrN5O2S2. The van der Waals surface area contributed by atoms with E-state index in [0.717, 1.165) is 20.9 Å². The van der Waals surface area contributed by atoms with E-state index in [1.807, 2.05) is 93.4 Å². The number of para-hydroxylation sites is 1. The van der Waals surface area contributed by atoms with E-state index < -0.39 is 0 Å². The zero-order valence-corrected chi connectivity index (χ0v) is 22.8. The van der Waals surface area contributed by atoms with E-state index in [2.05, 4.69) is 26.1 Å². The van der Waals surface area contributed by atoms with Gasteiger partial charge in [-0.2, -0.15) is 0 Å². The van der Waals surface area contributed by atoms with E-state index in [4.69, 9.17) is 0 Å². The number of thiophene rings is 1. The fourth-order valence-corrected chi connectivity index (χ4v) is 6.18. The van der Waals surface area contributed by atoms with E-state index >= 15 is 0 Å². The number of carbonyl (C=O) groups excluding carboxylic acids is 2. The van der Waals surface area contributed by atoms with Gasteiger partial charge in [-0.05, 0) is 48.7 Å². The summed E-state index contributed by atoms with van der Waals surface area (Å²) in [5.74, 6) is 1.03. The van der Waals surface area contributed by atoms with Crippen LogP contribution in [0.2, 0.25) is 0 Å². The molecule has 2 aromatic carbocycles. The summed E-state index contributed by atoms with van der Waals surface area (Å²) in [7, 11) is 0. The van der Waals surface area contributed by atoms with Crippen LogP contribution >= 0.6 is 39.0 Å². The average molecular weight is 583 g/mol. The Balaban J connectivity index is 1.26. The topological polar surface area (TPSA) is 71.3 Å². The number of hydrogen-bond donors (Lipinski definition) is 0. The molecule has 0 aliphatic carbocycles. The van der Waals surface area contributed by atoms with Crippen molar-refractivity contribution in [3.63, 3.8) is 0 Å². The highest BCUT2D eigenvalue weighted by molar-refractivity contribution is 9.10. The molecule has 0 radical (unpaired) electrons. The number of piperazine rings is 1. The predicted octanol–water partition coefficient (Wildman–Crippen LogP) is 5.22. The van der Waals surface area contributed by atoms with Crippen LogP contribution in [0.4, 0.5) is 0 Å². The third-order valence-corrected chi connectivity index (χ3v) is 8.30. The molecule has 1 fully saturated rings. The average Bonchev–Trinajstić information content (AvgIpc) is 3.57. The minimum Gasteiger partial charge on any atom is -0.338 e. The van der Waals surface area contributed by atoms with Crippen molar-refractivity contribution in [3.05, 3.63) is 82.1 Å². The van der Waals surface area contributed by atoms with Crippen LogP contribution in [0.15, 0.2) is 81.7 Å². The van der Waals surface area contributed by atoms with Gasteiger partial charge in [-0.1, -0.05) is 58.0 Å². The molecule has 0 bridgehead atoms. The molecule has 1 aliphatic heterocycles. The first-order chi connectivity index (χ1) is 17.5. The Bertz CT molecular complexity index is 1360. The normalized spacial score (nSPS) is 15.8. The van der Waals surface area contributed by atoms with Gasteiger partial charge >= 0.3 is 0 Å². The van der Waals surface area contributed by atoms with Gasteiger partial charge in [0.05, 0.1) is 10.6 Å². The maximum absolute atomic E-state index is 13.1. The standard InChI is InChI=1S/C26H24BrN5O2S2/c1-18-16-30(12-13-31(18)25(34)19-7-5-8-20(27)15-19)23(33)17-36-26-29-28-24(22-11-6-14-35-22)32(26)21-9-3-2-4-10-21/h2-11,14-15,18H,12-13,16-17H2,1H3. The molecule has 1 unspecified atom stereocenters. The van der Waals surface area contributed by atoms with Crippen LogP contribution in [0.3, 0.4) is 0 Å². The second-order valence-corrected chi connectivity index (χ2v) is 11.2. The second kappa shape index (κ2) is 11.0. The zero-order valence-electron chi connectivity index (χ0n) is 19.6. The largest absolute Gasteiger partial charge is 0.338 e. The summed E-state index contributed by atoms with van der Waals surface area (Å²) in [6.45, 7) is 3.51. The van der Waals surface area contributed by atoms with Crippen molar-refractivity contribution in [2.24, 2.45) is 0 Å². The summed E-state index contributed by atoms with van der Waals surface area (Å²) in [5.41, 5.74) is 1.60. The summed E-state index contributed by atoms with van der Waals surface area (Å²) >= 11 is 6.42. The molecule has 5 rings (SSSR count). The summed E-state index contributed by atoms with van der Waals surface area (Å²) < 4.78 is 2.87. The minimum atomic E-state index is -0.0717. The van der Waals surface area contributed by atoms with Crippen molar-refractivity contribution in [2.45, 2.75) is 18.1 Å². The van der Waals surface area contributed by atoms with Crippen LogP contribution in [-0.4, -0.2) is 67.8 Å². The number of carbonyl (C=O) groups is 2. The van der Waals surface area contributed by atoms with Gasteiger partial charge < -0.3 is 9.80 Å². The van der Waals surface area contributed by atoms with E-state index in [9.17, 15) is 9.59 Å². The van der Waals surface area contributed by atoms with Crippen molar-refractivity contribution < 1.29 is 9.59 Å². The molecule has 2 amide bonds. The highest BCUT2D eigenvalue weighted by atomic mass is 79.9. The fourth-order valence-electron chi connectivity index (χ4n) is 4.23. The maximum Gasteiger partial charge on any atom is 0.254 e. The lowest BCUT2D eigenvalue weighted by Gasteiger charge is -2.40. The van der Waals surface area contributed by atoms with Crippen molar-refractivity contribution in [1.82, 2.24) is 24.6 Å². The number of rotatable bonds is 6. The first kappa shape index (κ1) is 24.7. The maximum atomic E-state index is 13.1. The number of benzene rings is 2. The Labute approximate surface area is 226 Å².